The molecule has 0 saturated carbocycles. The van der Waals surface area contributed by atoms with Gasteiger partial charge in [-0.3, -0.25) is 0 Å². The molecule has 0 atom stereocenters. The molecule has 0 bridgehead atoms. The number of hydrogen-bond acceptors (Lipinski definition) is 4. The Hall–Kier alpha value is -1.46. The molecule has 0 spiro atoms. The molecular weight excluding hydrogens is 354 g/mol. The molecule has 1 aromatic carbocycles. The summed E-state index contributed by atoms with van der Waals surface area (Å²) < 4.78 is 6.53. The topological polar surface area (TPSA) is 60.2 Å². The molecule has 2 rings (SSSR count). The molecule has 112 valence electrons. The Morgan fingerprint density at radius 1 is 1.33 bits per heavy atom. The predicted molar refractivity (Wildman–Crippen MR) is 91.4 cm³/mol. The fraction of sp³-hybridized carbons (Fsp3) is 0.267. The molecule has 4 nitrogen and oxygen atoms in total. The van der Waals surface area contributed by atoms with Crippen LogP contribution < -0.4 is 15.8 Å². The summed E-state index contributed by atoms with van der Waals surface area (Å²) in [5, 5.41) is 3.76. The van der Waals surface area contributed by atoms with E-state index in [9.17, 15) is 0 Å². The number of pyridine rings is 1. The number of rotatable bonds is 5. The van der Waals surface area contributed by atoms with Crippen molar-refractivity contribution in [3.05, 3.63) is 39.8 Å². The second-order valence-corrected chi connectivity index (χ2v) is 6.37. The van der Waals surface area contributed by atoms with Gasteiger partial charge in [0.25, 0.3) is 0 Å². The van der Waals surface area contributed by atoms with Gasteiger partial charge in [-0.25, -0.2) is 0 Å². The quantitative estimate of drug-likeness (QED) is 0.789. The first-order valence-electron chi connectivity index (χ1n) is 6.57. The van der Waals surface area contributed by atoms with Crippen LogP contribution in [0.4, 0.5) is 17.2 Å². The Bertz CT molecular complexity index is 634. The van der Waals surface area contributed by atoms with Crippen LogP contribution in [-0.4, -0.2) is 11.6 Å². The Labute approximate surface area is 137 Å². The molecule has 0 radical (unpaired) electrons. The molecule has 2 aromatic rings. The van der Waals surface area contributed by atoms with E-state index < -0.39 is 0 Å². The Morgan fingerprint density at radius 2 is 2.10 bits per heavy atom. The van der Waals surface area contributed by atoms with E-state index in [1.54, 1.807) is 12.1 Å². The lowest BCUT2D eigenvalue weighted by molar-refractivity contribution is 0.263. The number of nitrogens with zero attached hydrogens (tertiary/aromatic N) is 1. The first-order chi connectivity index (χ1) is 9.95. The van der Waals surface area contributed by atoms with Crippen LogP contribution in [-0.2, 0) is 0 Å². The third-order valence-electron chi connectivity index (χ3n) is 2.64. The molecule has 6 heteroatoms. The molecule has 0 saturated heterocycles. The average molecular weight is 371 g/mol. The monoisotopic (exact) mass is 369 g/mol. The number of halogens is 2. The van der Waals surface area contributed by atoms with E-state index >= 15 is 0 Å². The maximum absolute atomic E-state index is 6.18. The highest BCUT2D eigenvalue weighted by Gasteiger charge is 2.07. The van der Waals surface area contributed by atoms with E-state index in [0.717, 1.165) is 10.2 Å². The van der Waals surface area contributed by atoms with Gasteiger partial charge in [0.2, 0.25) is 5.88 Å². The van der Waals surface area contributed by atoms with E-state index in [0.29, 0.717) is 34.9 Å². The molecule has 0 aliphatic rings. The zero-order valence-corrected chi connectivity index (χ0v) is 14.2. The number of nitrogens with one attached hydrogen (secondary N) is 1. The minimum atomic E-state index is 0.406. The third-order valence-corrected chi connectivity index (χ3v) is 3.44. The van der Waals surface area contributed by atoms with Gasteiger partial charge < -0.3 is 15.8 Å². The molecule has 1 aromatic heterocycles. The van der Waals surface area contributed by atoms with Crippen LogP contribution in [0.2, 0.25) is 5.02 Å². The van der Waals surface area contributed by atoms with Crippen molar-refractivity contribution in [2.24, 2.45) is 5.92 Å². The van der Waals surface area contributed by atoms with Crippen LogP contribution in [0.15, 0.2) is 34.8 Å². The zero-order valence-electron chi connectivity index (χ0n) is 11.9. The standard InChI is InChI=1S/C15H17BrClN3O/c1-9(2)8-21-15-12(18)4-6-14(20-15)19-13-5-3-10(16)7-11(13)17/h3-7,9H,8,18H2,1-2H3,(H,19,20). The Balaban J connectivity index is 2.18. The van der Waals surface area contributed by atoms with Gasteiger partial charge in [0.15, 0.2) is 0 Å². The highest BCUT2D eigenvalue weighted by Crippen LogP contribution is 2.29. The van der Waals surface area contributed by atoms with Crippen LogP contribution in [0.1, 0.15) is 13.8 Å². The van der Waals surface area contributed by atoms with Gasteiger partial charge in [0, 0.05) is 4.47 Å². The van der Waals surface area contributed by atoms with Crippen molar-refractivity contribution in [1.82, 2.24) is 4.98 Å². The smallest absolute Gasteiger partial charge is 0.239 e. The summed E-state index contributed by atoms with van der Waals surface area (Å²) in [7, 11) is 0. The van der Waals surface area contributed by atoms with Crippen molar-refractivity contribution in [2.45, 2.75) is 13.8 Å². The van der Waals surface area contributed by atoms with Gasteiger partial charge in [-0.2, -0.15) is 4.98 Å². The summed E-state index contributed by atoms with van der Waals surface area (Å²) in [5.74, 6) is 1.47. The number of ether oxygens (including phenoxy) is 1. The molecule has 0 unspecified atom stereocenters. The van der Waals surface area contributed by atoms with Crippen molar-refractivity contribution in [3.63, 3.8) is 0 Å². The van der Waals surface area contributed by atoms with Gasteiger partial charge in [-0.1, -0.05) is 41.4 Å². The van der Waals surface area contributed by atoms with Gasteiger partial charge in [0.05, 0.1) is 23.0 Å². The fourth-order valence-electron chi connectivity index (χ4n) is 1.61. The first kappa shape index (κ1) is 15.9. The number of aromatic nitrogens is 1. The summed E-state index contributed by atoms with van der Waals surface area (Å²) in [6.07, 6.45) is 0. The Morgan fingerprint density at radius 3 is 2.76 bits per heavy atom. The van der Waals surface area contributed by atoms with Gasteiger partial charge >= 0.3 is 0 Å². The highest BCUT2D eigenvalue weighted by atomic mass is 79.9. The first-order valence-corrected chi connectivity index (χ1v) is 7.74. The molecule has 0 fully saturated rings. The van der Waals surface area contributed by atoms with E-state index in [4.69, 9.17) is 22.1 Å². The second kappa shape index (κ2) is 7.00. The van der Waals surface area contributed by atoms with E-state index in [1.165, 1.54) is 0 Å². The Kier molecular flexibility index (Phi) is 5.31. The summed E-state index contributed by atoms with van der Waals surface area (Å²) >= 11 is 9.55. The van der Waals surface area contributed by atoms with Crippen LogP contribution in [0, 0.1) is 5.92 Å². The van der Waals surface area contributed by atoms with Crippen LogP contribution in [0.25, 0.3) is 0 Å². The summed E-state index contributed by atoms with van der Waals surface area (Å²) in [6.45, 7) is 4.71. The number of hydrogen-bond donors (Lipinski definition) is 2. The van der Waals surface area contributed by atoms with Crippen LogP contribution in [0.5, 0.6) is 5.88 Å². The maximum atomic E-state index is 6.18. The lowest BCUT2D eigenvalue weighted by Crippen LogP contribution is -2.08. The minimum Gasteiger partial charge on any atom is -0.476 e. The minimum absolute atomic E-state index is 0.406. The third kappa shape index (κ3) is 4.51. The molecule has 0 aliphatic carbocycles. The molecule has 0 amide bonds. The van der Waals surface area contributed by atoms with Crippen molar-refractivity contribution in [2.75, 3.05) is 17.7 Å². The average Bonchev–Trinajstić information content (AvgIpc) is 2.42. The largest absolute Gasteiger partial charge is 0.476 e. The zero-order chi connectivity index (χ0) is 15.4. The van der Waals surface area contributed by atoms with E-state index in [1.807, 2.05) is 18.2 Å². The normalized spacial score (nSPS) is 10.7. The van der Waals surface area contributed by atoms with Crippen molar-refractivity contribution in [1.29, 1.82) is 0 Å². The summed E-state index contributed by atoms with van der Waals surface area (Å²) in [4.78, 5) is 4.37. The molecule has 3 N–H and O–H groups in total. The SMILES string of the molecule is CC(C)COc1nc(Nc2ccc(Br)cc2Cl)ccc1N. The highest BCUT2D eigenvalue weighted by molar-refractivity contribution is 9.10. The van der Waals surface area contributed by atoms with Crippen molar-refractivity contribution < 1.29 is 4.74 Å². The molecule has 0 aliphatic heterocycles. The van der Waals surface area contributed by atoms with Gasteiger partial charge in [-0.15, -0.1) is 0 Å². The number of nitrogen functional groups attached to an aromatic ring is 1. The van der Waals surface area contributed by atoms with Crippen molar-refractivity contribution in [3.8, 4) is 5.88 Å². The van der Waals surface area contributed by atoms with E-state index in [2.05, 4.69) is 40.1 Å². The lowest BCUT2D eigenvalue weighted by Gasteiger charge is -2.13. The molecule has 21 heavy (non-hydrogen) atoms. The molecular formula is C15H17BrClN3O. The second-order valence-electron chi connectivity index (χ2n) is 5.04. The molecule has 1 heterocycles. The number of nitrogens with two attached hydrogens (primary N) is 1. The van der Waals surface area contributed by atoms with Crippen LogP contribution in [0.3, 0.4) is 0 Å². The predicted octanol–water partition coefficient (Wildman–Crippen LogP) is 4.86. The lowest BCUT2D eigenvalue weighted by atomic mass is 10.2. The summed E-state index contributed by atoms with van der Waals surface area (Å²) in [6, 6.07) is 9.14. The van der Waals surface area contributed by atoms with Crippen LogP contribution >= 0.6 is 27.5 Å². The van der Waals surface area contributed by atoms with Gasteiger partial charge in [0.1, 0.15) is 5.82 Å². The van der Waals surface area contributed by atoms with Crippen molar-refractivity contribution >= 4 is 44.7 Å². The van der Waals surface area contributed by atoms with E-state index in [-0.39, 0.29) is 0 Å². The number of anilines is 3. The summed E-state index contributed by atoms with van der Waals surface area (Å²) in [5.41, 5.74) is 7.16. The maximum Gasteiger partial charge on any atom is 0.239 e. The fourth-order valence-corrected chi connectivity index (χ4v) is 2.33. The number of benzene rings is 1. The van der Waals surface area contributed by atoms with Gasteiger partial charge in [-0.05, 0) is 36.2 Å².